The van der Waals surface area contributed by atoms with E-state index in [0.717, 1.165) is 18.0 Å². The third-order valence-electron chi connectivity index (χ3n) is 3.00. The van der Waals surface area contributed by atoms with Gasteiger partial charge in [-0.2, -0.15) is 0 Å². The molecule has 4 heteroatoms. The number of hydrogen-bond acceptors (Lipinski definition) is 3. The maximum absolute atomic E-state index is 10.8. The maximum Gasteiger partial charge on any atom is 0.345 e. The zero-order valence-electron chi connectivity index (χ0n) is 11.1. The first kappa shape index (κ1) is 13.8. The summed E-state index contributed by atoms with van der Waals surface area (Å²) in [6, 6.07) is 11.9. The highest BCUT2D eigenvalue weighted by atomic mass is 32.1. The van der Waals surface area contributed by atoms with Gasteiger partial charge in [-0.3, -0.25) is 4.90 Å². The number of carbonyl (C=O) groups is 1. The van der Waals surface area contributed by atoms with Gasteiger partial charge in [0.1, 0.15) is 4.88 Å². The van der Waals surface area contributed by atoms with Gasteiger partial charge in [0.05, 0.1) is 0 Å². The highest BCUT2D eigenvalue weighted by Crippen LogP contribution is 2.19. The van der Waals surface area contributed by atoms with E-state index in [1.165, 1.54) is 22.5 Å². The summed E-state index contributed by atoms with van der Waals surface area (Å²) in [6.45, 7) is 3.75. The van der Waals surface area contributed by atoms with E-state index in [0.29, 0.717) is 4.88 Å². The first-order valence-corrected chi connectivity index (χ1v) is 6.93. The predicted molar refractivity (Wildman–Crippen MR) is 77.6 cm³/mol. The Bertz CT molecular complexity index is 577. The summed E-state index contributed by atoms with van der Waals surface area (Å²) in [6.07, 6.45) is 0. The fourth-order valence-corrected chi connectivity index (χ4v) is 2.90. The molecule has 0 saturated carbocycles. The minimum atomic E-state index is -0.849. The molecule has 19 heavy (non-hydrogen) atoms. The molecule has 0 aliphatic heterocycles. The van der Waals surface area contributed by atoms with Gasteiger partial charge in [-0.25, -0.2) is 4.79 Å². The van der Waals surface area contributed by atoms with Crippen molar-refractivity contribution in [2.75, 3.05) is 7.05 Å². The fourth-order valence-electron chi connectivity index (χ4n) is 1.98. The van der Waals surface area contributed by atoms with Crippen molar-refractivity contribution in [2.45, 2.75) is 20.0 Å². The van der Waals surface area contributed by atoms with Crippen LogP contribution in [0.2, 0.25) is 0 Å². The second-order valence-electron chi connectivity index (χ2n) is 4.67. The van der Waals surface area contributed by atoms with Crippen LogP contribution in [0.1, 0.15) is 25.7 Å². The van der Waals surface area contributed by atoms with Gasteiger partial charge < -0.3 is 5.11 Å². The van der Waals surface area contributed by atoms with Crippen molar-refractivity contribution < 1.29 is 9.90 Å². The largest absolute Gasteiger partial charge is 0.477 e. The van der Waals surface area contributed by atoms with Gasteiger partial charge in [0.2, 0.25) is 0 Å². The molecule has 0 saturated heterocycles. The van der Waals surface area contributed by atoms with Crippen molar-refractivity contribution in [3.8, 4) is 0 Å². The second-order valence-corrected chi connectivity index (χ2v) is 5.84. The molecule has 0 unspecified atom stereocenters. The number of nitrogens with zero attached hydrogens (tertiary/aromatic N) is 1. The van der Waals surface area contributed by atoms with Crippen LogP contribution < -0.4 is 0 Å². The quantitative estimate of drug-likeness (QED) is 0.909. The second kappa shape index (κ2) is 5.99. The van der Waals surface area contributed by atoms with Crippen LogP contribution in [0, 0.1) is 6.92 Å². The van der Waals surface area contributed by atoms with Gasteiger partial charge >= 0.3 is 5.97 Å². The van der Waals surface area contributed by atoms with E-state index >= 15 is 0 Å². The van der Waals surface area contributed by atoms with Crippen molar-refractivity contribution in [2.24, 2.45) is 0 Å². The standard InChI is InChI=1S/C15H17NO2S/c1-11-5-3-4-6-12(11)9-16(2)10-13-7-8-14(19-13)15(17)18/h3-8H,9-10H2,1-2H3,(H,17,18). The molecule has 0 atom stereocenters. The number of thiophene rings is 1. The van der Waals surface area contributed by atoms with Gasteiger partial charge in [0.15, 0.2) is 0 Å². The van der Waals surface area contributed by atoms with Crippen molar-refractivity contribution in [1.82, 2.24) is 4.90 Å². The van der Waals surface area contributed by atoms with Crippen LogP contribution >= 0.6 is 11.3 Å². The van der Waals surface area contributed by atoms with E-state index in [2.05, 4.69) is 24.0 Å². The highest BCUT2D eigenvalue weighted by Gasteiger charge is 2.09. The smallest absolute Gasteiger partial charge is 0.345 e. The Hall–Kier alpha value is -1.65. The average molecular weight is 275 g/mol. The number of carboxylic acids is 1. The van der Waals surface area contributed by atoms with Crippen molar-refractivity contribution in [3.63, 3.8) is 0 Å². The van der Waals surface area contributed by atoms with Gasteiger partial charge in [-0.15, -0.1) is 11.3 Å². The number of carboxylic acid groups (broad SMARTS) is 1. The third-order valence-corrected chi connectivity index (χ3v) is 4.06. The molecule has 0 amide bonds. The number of rotatable bonds is 5. The number of aromatic carboxylic acids is 1. The van der Waals surface area contributed by atoms with E-state index in [4.69, 9.17) is 5.11 Å². The average Bonchev–Trinajstić information content (AvgIpc) is 2.80. The summed E-state index contributed by atoms with van der Waals surface area (Å²) in [5.74, 6) is -0.849. The molecule has 3 nitrogen and oxygen atoms in total. The van der Waals surface area contributed by atoms with Crippen molar-refractivity contribution in [3.05, 3.63) is 57.3 Å². The van der Waals surface area contributed by atoms with Gasteiger partial charge in [0, 0.05) is 18.0 Å². The lowest BCUT2D eigenvalue weighted by Gasteiger charge is -2.17. The van der Waals surface area contributed by atoms with Crippen LogP contribution in [0.5, 0.6) is 0 Å². The molecule has 0 aliphatic rings. The van der Waals surface area contributed by atoms with Crippen molar-refractivity contribution in [1.29, 1.82) is 0 Å². The predicted octanol–water partition coefficient (Wildman–Crippen LogP) is 3.39. The van der Waals surface area contributed by atoms with Crippen LogP contribution in [0.15, 0.2) is 36.4 Å². The highest BCUT2D eigenvalue weighted by molar-refractivity contribution is 7.13. The zero-order valence-corrected chi connectivity index (χ0v) is 11.9. The molecule has 1 aromatic carbocycles. The third kappa shape index (κ3) is 3.66. The zero-order chi connectivity index (χ0) is 13.8. The Morgan fingerprint density at radius 3 is 2.58 bits per heavy atom. The molecule has 2 aromatic rings. The van der Waals surface area contributed by atoms with Gasteiger partial charge in [0.25, 0.3) is 0 Å². The Morgan fingerprint density at radius 2 is 1.95 bits per heavy atom. The SMILES string of the molecule is Cc1ccccc1CN(C)Cc1ccc(C(=O)O)s1. The Kier molecular flexibility index (Phi) is 4.35. The Balaban J connectivity index is 1.99. The summed E-state index contributed by atoms with van der Waals surface area (Å²) in [7, 11) is 2.05. The van der Waals surface area contributed by atoms with Crippen molar-refractivity contribution >= 4 is 17.3 Å². The molecule has 0 radical (unpaired) electrons. The summed E-state index contributed by atoms with van der Waals surface area (Å²) in [4.78, 5) is 14.5. The molecule has 2 rings (SSSR count). The fraction of sp³-hybridized carbons (Fsp3) is 0.267. The summed E-state index contributed by atoms with van der Waals surface area (Å²) in [5, 5.41) is 8.90. The minimum absolute atomic E-state index is 0.402. The van der Waals surface area contributed by atoms with Crippen LogP contribution in [0.25, 0.3) is 0 Å². The molecular weight excluding hydrogens is 258 g/mol. The van der Waals surface area contributed by atoms with Crippen LogP contribution in [0.4, 0.5) is 0 Å². The van der Waals surface area contributed by atoms with E-state index in [-0.39, 0.29) is 0 Å². The lowest BCUT2D eigenvalue weighted by molar-refractivity contribution is 0.0702. The van der Waals surface area contributed by atoms with Crippen LogP contribution in [0.3, 0.4) is 0 Å². The lowest BCUT2D eigenvalue weighted by Crippen LogP contribution is -2.17. The molecule has 1 N–H and O–H groups in total. The Morgan fingerprint density at radius 1 is 1.21 bits per heavy atom. The first-order valence-electron chi connectivity index (χ1n) is 6.11. The normalized spacial score (nSPS) is 10.9. The van der Waals surface area contributed by atoms with Crippen LogP contribution in [-0.2, 0) is 13.1 Å². The summed E-state index contributed by atoms with van der Waals surface area (Å²) in [5.41, 5.74) is 2.59. The van der Waals surface area contributed by atoms with E-state index in [1.54, 1.807) is 6.07 Å². The molecule has 0 spiro atoms. The first-order chi connectivity index (χ1) is 9.06. The Labute approximate surface area is 117 Å². The van der Waals surface area contributed by atoms with E-state index in [9.17, 15) is 4.79 Å². The van der Waals surface area contributed by atoms with E-state index in [1.807, 2.05) is 25.2 Å². The van der Waals surface area contributed by atoms with Gasteiger partial charge in [-0.1, -0.05) is 24.3 Å². The molecule has 1 heterocycles. The van der Waals surface area contributed by atoms with E-state index < -0.39 is 5.97 Å². The summed E-state index contributed by atoms with van der Waals surface area (Å²) >= 11 is 1.34. The molecule has 1 aromatic heterocycles. The maximum atomic E-state index is 10.8. The number of benzene rings is 1. The molecule has 0 bridgehead atoms. The summed E-state index contributed by atoms with van der Waals surface area (Å²) < 4.78 is 0. The van der Waals surface area contributed by atoms with Crippen LogP contribution in [-0.4, -0.2) is 23.0 Å². The number of aryl methyl sites for hydroxylation is 1. The molecule has 100 valence electrons. The molecular formula is C15H17NO2S. The van der Waals surface area contributed by atoms with Gasteiger partial charge in [-0.05, 0) is 37.2 Å². The molecule has 0 aliphatic carbocycles. The topological polar surface area (TPSA) is 40.5 Å². The minimum Gasteiger partial charge on any atom is -0.477 e. The monoisotopic (exact) mass is 275 g/mol. The molecule has 0 fully saturated rings. The lowest BCUT2D eigenvalue weighted by atomic mass is 10.1. The number of hydrogen-bond donors (Lipinski definition) is 1.